The highest BCUT2D eigenvalue weighted by Gasteiger charge is 2.39. The first-order chi connectivity index (χ1) is 12.4. The molecule has 2 N–H and O–H groups in total. The maximum Gasteiger partial charge on any atom is 0.330 e. The Bertz CT molecular complexity index is 509. The monoisotopic (exact) mass is 366 g/mol. The molecule has 1 rings (SSSR count). The van der Waals surface area contributed by atoms with Crippen molar-refractivity contribution in [2.24, 2.45) is 11.8 Å². The predicted molar refractivity (Wildman–Crippen MR) is 102 cm³/mol. The second kappa shape index (κ2) is 12.0. The molecule has 0 bridgehead atoms. The molecule has 0 aromatic carbocycles. The smallest absolute Gasteiger partial charge is 0.330 e. The minimum absolute atomic E-state index is 0.133. The zero-order valence-electron chi connectivity index (χ0n) is 16.3. The highest BCUT2D eigenvalue weighted by atomic mass is 16.5. The molecule has 0 aromatic heterocycles. The summed E-state index contributed by atoms with van der Waals surface area (Å²) in [4.78, 5) is 23.5. The van der Waals surface area contributed by atoms with E-state index in [9.17, 15) is 19.8 Å². The van der Waals surface area contributed by atoms with Gasteiger partial charge in [-0.2, -0.15) is 0 Å². The van der Waals surface area contributed by atoms with Crippen molar-refractivity contribution in [1.82, 2.24) is 0 Å². The first-order valence-electron chi connectivity index (χ1n) is 9.80. The molecule has 0 unspecified atom stereocenters. The van der Waals surface area contributed by atoms with Crippen LogP contribution in [0.25, 0.3) is 0 Å². The van der Waals surface area contributed by atoms with Crippen molar-refractivity contribution in [2.45, 2.75) is 77.9 Å². The fourth-order valence-corrected chi connectivity index (χ4v) is 3.48. The van der Waals surface area contributed by atoms with Crippen molar-refractivity contribution in [2.75, 3.05) is 6.61 Å². The van der Waals surface area contributed by atoms with E-state index in [0.717, 1.165) is 24.8 Å². The Morgan fingerprint density at radius 3 is 2.50 bits per heavy atom. The van der Waals surface area contributed by atoms with Crippen LogP contribution in [0.4, 0.5) is 0 Å². The van der Waals surface area contributed by atoms with Crippen LogP contribution in [0.1, 0.15) is 65.7 Å². The molecule has 1 aliphatic rings. The molecule has 0 radical (unpaired) electrons. The van der Waals surface area contributed by atoms with Crippen molar-refractivity contribution in [3.05, 3.63) is 23.8 Å². The number of hydrogen-bond donors (Lipinski definition) is 2. The third kappa shape index (κ3) is 7.83. The lowest BCUT2D eigenvalue weighted by Gasteiger charge is -2.20. The summed E-state index contributed by atoms with van der Waals surface area (Å²) >= 11 is 0. The van der Waals surface area contributed by atoms with Gasteiger partial charge in [-0.1, -0.05) is 31.9 Å². The Kier molecular flexibility index (Phi) is 10.4. The van der Waals surface area contributed by atoms with Gasteiger partial charge in [0.15, 0.2) is 0 Å². The number of esters is 1. The minimum Gasteiger partial charge on any atom is -0.463 e. The van der Waals surface area contributed by atoms with E-state index >= 15 is 0 Å². The summed E-state index contributed by atoms with van der Waals surface area (Å²) in [5.74, 6) is -0.505. The standard InChI is InChI=1S/C21H34O5/c1-4-6-7-8-16(22)10-12-18-17(19(23)14-20(18)24)11-9-15(3)13-21(25)26-5-2/h9,11,13,17-20,23-24H,4-8,10,12,14H2,1-3H3/t17-,18+,19-,20+/m1/s1. The van der Waals surface area contributed by atoms with Crippen LogP contribution < -0.4 is 0 Å². The van der Waals surface area contributed by atoms with Crippen LogP contribution in [0.2, 0.25) is 0 Å². The number of aliphatic hydroxyl groups excluding tert-OH is 2. The average molecular weight is 366 g/mol. The molecular formula is C21H34O5. The summed E-state index contributed by atoms with van der Waals surface area (Å²) in [5, 5.41) is 20.5. The molecule has 0 saturated heterocycles. The molecule has 0 spiro atoms. The molecule has 148 valence electrons. The predicted octanol–water partition coefficient (Wildman–Crippen LogP) is 3.34. The number of carbonyl (C=O) groups excluding carboxylic acids is 2. The summed E-state index contributed by atoms with van der Waals surface area (Å²) in [6, 6.07) is 0. The number of allylic oxidation sites excluding steroid dienone is 2. The average Bonchev–Trinajstić information content (AvgIpc) is 2.84. The van der Waals surface area contributed by atoms with Gasteiger partial charge in [-0.3, -0.25) is 4.79 Å². The molecule has 0 aliphatic heterocycles. The summed E-state index contributed by atoms with van der Waals surface area (Å²) in [7, 11) is 0. The second-order valence-electron chi connectivity index (χ2n) is 7.15. The van der Waals surface area contributed by atoms with Crippen molar-refractivity contribution in [3.63, 3.8) is 0 Å². The SMILES string of the molecule is CCCCCC(=O)CC[C@H]1[C@@H](C=CC(C)=CC(=O)OCC)[C@H](O)C[C@@H]1O. The van der Waals surface area contributed by atoms with E-state index in [1.807, 2.05) is 6.08 Å². The van der Waals surface area contributed by atoms with E-state index in [0.29, 0.717) is 32.3 Å². The van der Waals surface area contributed by atoms with Gasteiger partial charge in [0, 0.05) is 31.3 Å². The number of ether oxygens (including phenoxy) is 1. The summed E-state index contributed by atoms with van der Waals surface area (Å²) < 4.78 is 4.87. The van der Waals surface area contributed by atoms with Crippen molar-refractivity contribution in [3.8, 4) is 0 Å². The highest BCUT2D eigenvalue weighted by Crippen LogP contribution is 2.37. The van der Waals surface area contributed by atoms with E-state index in [-0.39, 0.29) is 17.6 Å². The number of ketones is 1. The molecule has 1 aliphatic carbocycles. The van der Waals surface area contributed by atoms with Gasteiger partial charge in [-0.05, 0) is 38.2 Å². The number of aliphatic hydroxyl groups is 2. The summed E-state index contributed by atoms with van der Waals surface area (Å²) in [6.07, 6.45) is 8.83. The lowest BCUT2D eigenvalue weighted by atomic mass is 9.87. The zero-order valence-corrected chi connectivity index (χ0v) is 16.3. The van der Waals surface area contributed by atoms with E-state index in [1.54, 1.807) is 19.9 Å². The number of Topliss-reactive ketones (excluding diaryl/α,β-unsaturated/α-hetero) is 1. The van der Waals surface area contributed by atoms with Gasteiger partial charge in [-0.15, -0.1) is 0 Å². The molecule has 0 heterocycles. The number of carbonyl (C=O) groups is 2. The third-order valence-electron chi connectivity index (χ3n) is 4.95. The van der Waals surface area contributed by atoms with E-state index < -0.39 is 18.2 Å². The number of rotatable bonds is 11. The Morgan fingerprint density at radius 1 is 1.12 bits per heavy atom. The van der Waals surface area contributed by atoms with Crippen LogP contribution in [0.5, 0.6) is 0 Å². The fourth-order valence-electron chi connectivity index (χ4n) is 3.48. The van der Waals surface area contributed by atoms with E-state index in [2.05, 4.69) is 6.92 Å². The van der Waals surface area contributed by atoms with Gasteiger partial charge in [0.05, 0.1) is 18.8 Å². The Morgan fingerprint density at radius 2 is 1.85 bits per heavy atom. The number of hydrogen-bond acceptors (Lipinski definition) is 5. The zero-order chi connectivity index (χ0) is 19.5. The van der Waals surface area contributed by atoms with Gasteiger partial charge >= 0.3 is 5.97 Å². The highest BCUT2D eigenvalue weighted by molar-refractivity contribution is 5.83. The first kappa shape index (κ1) is 22.6. The van der Waals surface area contributed by atoms with Gasteiger partial charge in [0.1, 0.15) is 5.78 Å². The van der Waals surface area contributed by atoms with Crippen LogP contribution in [-0.4, -0.2) is 40.8 Å². The Labute approximate surface area is 157 Å². The lowest BCUT2D eigenvalue weighted by Crippen LogP contribution is -2.21. The largest absolute Gasteiger partial charge is 0.463 e. The lowest BCUT2D eigenvalue weighted by molar-refractivity contribution is -0.137. The summed E-state index contributed by atoms with van der Waals surface area (Å²) in [5.41, 5.74) is 0.728. The number of unbranched alkanes of at least 4 members (excludes halogenated alkanes) is 2. The van der Waals surface area contributed by atoms with Crippen LogP contribution in [0.15, 0.2) is 23.8 Å². The van der Waals surface area contributed by atoms with Crippen LogP contribution in [-0.2, 0) is 14.3 Å². The quantitative estimate of drug-likeness (QED) is 0.254. The summed E-state index contributed by atoms with van der Waals surface area (Å²) in [6.45, 7) is 5.98. The molecule has 26 heavy (non-hydrogen) atoms. The first-order valence-corrected chi connectivity index (χ1v) is 9.80. The molecule has 1 saturated carbocycles. The van der Waals surface area contributed by atoms with E-state index in [4.69, 9.17) is 4.74 Å². The molecule has 1 fully saturated rings. The molecular weight excluding hydrogens is 332 g/mol. The molecule has 5 heteroatoms. The molecule has 5 nitrogen and oxygen atoms in total. The van der Waals surface area contributed by atoms with Crippen molar-refractivity contribution >= 4 is 11.8 Å². The van der Waals surface area contributed by atoms with E-state index in [1.165, 1.54) is 6.08 Å². The van der Waals surface area contributed by atoms with Crippen molar-refractivity contribution < 1.29 is 24.5 Å². The molecule has 0 aromatic rings. The normalized spacial score (nSPS) is 26.4. The van der Waals surface area contributed by atoms with Crippen LogP contribution >= 0.6 is 0 Å². The van der Waals surface area contributed by atoms with Gasteiger partial charge in [0.2, 0.25) is 0 Å². The third-order valence-corrected chi connectivity index (χ3v) is 4.95. The van der Waals surface area contributed by atoms with Gasteiger partial charge < -0.3 is 14.9 Å². The Hall–Kier alpha value is -1.46. The topological polar surface area (TPSA) is 83.8 Å². The minimum atomic E-state index is -0.628. The van der Waals surface area contributed by atoms with Crippen LogP contribution in [0.3, 0.4) is 0 Å². The Balaban J connectivity index is 2.62. The second-order valence-corrected chi connectivity index (χ2v) is 7.15. The fraction of sp³-hybridized carbons (Fsp3) is 0.714. The van der Waals surface area contributed by atoms with Gasteiger partial charge in [-0.25, -0.2) is 4.79 Å². The van der Waals surface area contributed by atoms with Crippen LogP contribution in [0, 0.1) is 11.8 Å². The molecule has 4 atom stereocenters. The maximum absolute atomic E-state index is 12.0. The molecule has 0 amide bonds. The van der Waals surface area contributed by atoms with Crippen molar-refractivity contribution in [1.29, 1.82) is 0 Å². The maximum atomic E-state index is 12.0. The van der Waals surface area contributed by atoms with Gasteiger partial charge in [0.25, 0.3) is 0 Å².